The van der Waals surface area contributed by atoms with Gasteiger partial charge in [0, 0.05) is 13.1 Å². The molecule has 0 saturated carbocycles. The summed E-state index contributed by atoms with van der Waals surface area (Å²) in [5.74, 6) is 0. The van der Waals surface area contributed by atoms with Crippen LogP contribution in [0.3, 0.4) is 0 Å². The lowest BCUT2D eigenvalue weighted by molar-refractivity contribution is 0.221. The number of hydrogen-bond acceptors (Lipinski definition) is 2. The Kier molecular flexibility index (Phi) is 8.61. The first kappa shape index (κ1) is 16.7. The molecule has 0 spiro atoms. The molecular weight excluding hydrogens is 255 g/mol. The van der Waals surface area contributed by atoms with E-state index in [1.54, 1.807) is 0 Å². The van der Waals surface area contributed by atoms with E-state index in [1.807, 2.05) is 0 Å². The molecule has 1 aliphatic rings. The predicted molar refractivity (Wildman–Crippen MR) is 78.0 cm³/mol. The van der Waals surface area contributed by atoms with Crippen molar-refractivity contribution in [3.63, 3.8) is 0 Å². The summed E-state index contributed by atoms with van der Waals surface area (Å²) in [4.78, 5) is 2.54. The molecule has 2 nitrogen and oxygen atoms in total. The smallest absolute Gasteiger partial charge is 0.0233 e. The highest BCUT2D eigenvalue weighted by atomic mass is 35.5. The topological polar surface area (TPSA) is 29.3 Å². The highest BCUT2D eigenvalue weighted by Crippen LogP contribution is 2.13. The van der Waals surface area contributed by atoms with Crippen LogP contribution in [-0.2, 0) is 13.1 Å². The van der Waals surface area contributed by atoms with E-state index in [2.05, 4.69) is 29.2 Å². The molecule has 17 heavy (non-hydrogen) atoms. The predicted octanol–water partition coefficient (Wildman–Crippen LogP) is 2.97. The van der Waals surface area contributed by atoms with Crippen molar-refractivity contribution in [2.24, 2.45) is 5.73 Å². The third-order valence-electron chi connectivity index (χ3n) is 3.11. The molecule has 2 rings (SSSR count). The van der Waals surface area contributed by atoms with Crippen LogP contribution in [0.5, 0.6) is 0 Å². The summed E-state index contributed by atoms with van der Waals surface area (Å²) in [7, 11) is 0. The summed E-state index contributed by atoms with van der Waals surface area (Å²) < 4.78 is 0. The number of benzene rings is 1. The molecule has 1 aliphatic heterocycles. The van der Waals surface area contributed by atoms with E-state index in [4.69, 9.17) is 5.73 Å². The zero-order valence-electron chi connectivity index (χ0n) is 10.1. The molecule has 0 amide bonds. The van der Waals surface area contributed by atoms with Crippen LogP contribution in [0.25, 0.3) is 0 Å². The molecule has 0 aliphatic carbocycles. The van der Waals surface area contributed by atoms with Gasteiger partial charge in [-0.15, -0.1) is 24.8 Å². The van der Waals surface area contributed by atoms with Gasteiger partial charge in [-0.05, 0) is 37.1 Å². The van der Waals surface area contributed by atoms with E-state index < -0.39 is 0 Å². The molecule has 1 saturated heterocycles. The van der Waals surface area contributed by atoms with E-state index in [0.29, 0.717) is 6.54 Å². The number of nitrogens with two attached hydrogens (primary N) is 1. The zero-order chi connectivity index (χ0) is 10.5. The number of rotatable bonds is 3. The summed E-state index contributed by atoms with van der Waals surface area (Å²) in [6.45, 7) is 4.27. The van der Waals surface area contributed by atoms with Crippen molar-refractivity contribution in [3.05, 3.63) is 35.4 Å². The average Bonchev–Trinajstić information content (AvgIpc) is 2.31. The lowest BCUT2D eigenvalue weighted by Gasteiger charge is -2.26. The molecule has 1 fully saturated rings. The van der Waals surface area contributed by atoms with E-state index in [0.717, 1.165) is 6.54 Å². The maximum absolute atomic E-state index is 5.57. The van der Waals surface area contributed by atoms with Crippen molar-refractivity contribution in [2.45, 2.75) is 32.4 Å². The number of nitrogens with zero attached hydrogens (tertiary/aromatic N) is 1. The largest absolute Gasteiger partial charge is 0.326 e. The molecule has 0 unspecified atom stereocenters. The molecule has 98 valence electrons. The second kappa shape index (κ2) is 8.76. The van der Waals surface area contributed by atoms with Gasteiger partial charge >= 0.3 is 0 Å². The van der Waals surface area contributed by atoms with Crippen LogP contribution in [0.15, 0.2) is 24.3 Å². The minimum atomic E-state index is 0. The fourth-order valence-electron chi connectivity index (χ4n) is 2.16. The maximum Gasteiger partial charge on any atom is 0.0233 e. The molecule has 0 atom stereocenters. The average molecular weight is 277 g/mol. The quantitative estimate of drug-likeness (QED) is 0.920. The van der Waals surface area contributed by atoms with Gasteiger partial charge in [-0.1, -0.05) is 30.7 Å². The molecule has 1 heterocycles. The normalized spacial score (nSPS) is 15.8. The highest BCUT2D eigenvalue weighted by molar-refractivity contribution is 5.85. The Labute approximate surface area is 116 Å². The molecule has 2 N–H and O–H groups in total. The molecular formula is C13H22Cl2N2. The van der Waals surface area contributed by atoms with Crippen molar-refractivity contribution < 1.29 is 0 Å². The first-order chi connectivity index (χ1) is 7.38. The minimum Gasteiger partial charge on any atom is -0.326 e. The van der Waals surface area contributed by atoms with E-state index in [-0.39, 0.29) is 24.8 Å². The molecule has 0 aromatic heterocycles. The van der Waals surface area contributed by atoms with Crippen molar-refractivity contribution in [1.29, 1.82) is 0 Å². The number of likely N-dealkylation sites (tertiary alicyclic amines) is 1. The van der Waals surface area contributed by atoms with Gasteiger partial charge in [0.05, 0.1) is 0 Å². The van der Waals surface area contributed by atoms with Gasteiger partial charge in [-0.2, -0.15) is 0 Å². The fourth-order valence-corrected chi connectivity index (χ4v) is 2.16. The van der Waals surface area contributed by atoms with Crippen LogP contribution in [0.4, 0.5) is 0 Å². The molecule has 1 aromatic rings. The van der Waals surface area contributed by atoms with Crippen LogP contribution in [0.1, 0.15) is 30.4 Å². The van der Waals surface area contributed by atoms with Gasteiger partial charge in [0.15, 0.2) is 0 Å². The van der Waals surface area contributed by atoms with Gasteiger partial charge in [0.2, 0.25) is 0 Å². The van der Waals surface area contributed by atoms with Gasteiger partial charge < -0.3 is 5.73 Å². The monoisotopic (exact) mass is 276 g/mol. The standard InChI is InChI=1S/C13H20N2.2ClH/c14-10-12-4-6-13(7-5-12)11-15-8-2-1-3-9-15;;/h4-7H,1-3,8-11,14H2;2*1H. The van der Waals surface area contributed by atoms with Crippen LogP contribution in [0, 0.1) is 0 Å². The Morgan fingerprint density at radius 1 is 0.882 bits per heavy atom. The van der Waals surface area contributed by atoms with E-state index in [1.165, 1.54) is 43.5 Å². The van der Waals surface area contributed by atoms with Gasteiger partial charge in [0.1, 0.15) is 0 Å². The Morgan fingerprint density at radius 2 is 1.41 bits per heavy atom. The van der Waals surface area contributed by atoms with Crippen molar-refractivity contribution in [1.82, 2.24) is 4.90 Å². The van der Waals surface area contributed by atoms with Crippen LogP contribution < -0.4 is 5.73 Å². The molecule has 1 aromatic carbocycles. The lowest BCUT2D eigenvalue weighted by Crippen LogP contribution is -2.29. The van der Waals surface area contributed by atoms with Gasteiger partial charge in [-0.25, -0.2) is 0 Å². The summed E-state index contributed by atoms with van der Waals surface area (Å²) in [5, 5.41) is 0. The Bertz CT molecular complexity index is 295. The van der Waals surface area contributed by atoms with E-state index in [9.17, 15) is 0 Å². The molecule has 0 radical (unpaired) electrons. The number of piperidine rings is 1. The third kappa shape index (κ3) is 5.26. The summed E-state index contributed by atoms with van der Waals surface area (Å²) >= 11 is 0. The summed E-state index contributed by atoms with van der Waals surface area (Å²) in [5.41, 5.74) is 8.20. The van der Waals surface area contributed by atoms with Gasteiger partial charge in [-0.3, -0.25) is 4.90 Å². The van der Waals surface area contributed by atoms with Crippen LogP contribution in [-0.4, -0.2) is 18.0 Å². The Hall–Kier alpha value is -0.280. The van der Waals surface area contributed by atoms with Crippen molar-refractivity contribution in [3.8, 4) is 0 Å². The highest BCUT2D eigenvalue weighted by Gasteiger charge is 2.09. The maximum atomic E-state index is 5.57. The summed E-state index contributed by atoms with van der Waals surface area (Å²) in [6, 6.07) is 8.69. The molecule has 4 heteroatoms. The summed E-state index contributed by atoms with van der Waals surface area (Å²) in [6.07, 6.45) is 4.13. The minimum absolute atomic E-state index is 0. The van der Waals surface area contributed by atoms with Gasteiger partial charge in [0.25, 0.3) is 0 Å². The van der Waals surface area contributed by atoms with Crippen molar-refractivity contribution in [2.75, 3.05) is 13.1 Å². The Morgan fingerprint density at radius 3 is 1.94 bits per heavy atom. The lowest BCUT2D eigenvalue weighted by atomic mass is 10.1. The number of hydrogen-bond donors (Lipinski definition) is 1. The van der Waals surface area contributed by atoms with Crippen molar-refractivity contribution >= 4 is 24.8 Å². The first-order valence-corrected chi connectivity index (χ1v) is 5.89. The number of halogens is 2. The molecule has 0 bridgehead atoms. The second-order valence-corrected chi connectivity index (χ2v) is 4.36. The third-order valence-corrected chi connectivity index (χ3v) is 3.11. The fraction of sp³-hybridized carbons (Fsp3) is 0.538. The SMILES string of the molecule is Cl.Cl.NCc1ccc(CN2CCCCC2)cc1. The second-order valence-electron chi connectivity index (χ2n) is 4.36. The van der Waals surface area contributed by atoms with E-state index >= 15 is 0 Å². The van der Waals surface area contributed by atoms with Crippen LogP contribution in [0.2, 0.25) is 0 Å². The zero-order valence-corrected chi connectivity index (χ0v) is 11.7. The first-order valence-electron chi connectivity index (χ1n) is 5.89. The van der Waals surface area contributed by atoms with Crippen LogP contribution >= 0.6 is 24.8 Å². The Balaban J connectivity index is 0.00000128.